The number of primary amides is 1. The van der Waals surface area contributed by atoms with E-state index in [-0.39, 0.29) is 29.3 Å². The number of piperidine rings is 1. The lowest BCUT2D eigenvalue weighted by Gasteiger charge is -2.36. The Labute approximate surface area is 188 Å². The zero-order chi connectivity index (χ0) is 22.9. The molecule has 9 nitrogen and oxygen atoms in total. The van der Waals surface area contributed by atoms with E-state index in [9.17, 15) is 9.18 Å². The summed E-state index contributed by atoms with van der Waals surface area (Å²) in [6, 6.07) is 5.28. The largest absolute Gasteiger partial charge is 0.386 e. The number of nitrogens with one attached hydrogen (secondary N) is 1. The summed E-state index contributed by atoms with van der Waals surface area (Å²) in [6.45, 7) is 6.12. The molecule has 3 rings (SSSR count). The van der Waals surface area contributed by atoms with E-state index in [4.69, 9.17) is 21.9 Å². The summed E-state index contributed by atoms with van der Waals surface area (Å²) in [6.07, 6.45) is 4.82. The average molecular weight is 448 g/mol. The number of nitrogens with two attached hydrogens (primary N) is 3. The highest BCUT2D eigenvalue weighted by atomic mass is 19.1. The Kier molecular flexibility index (Phi) is 8.98. The van der Waals surface area contributed by atoms with Crippen molar-refractivity contribution in [2.24, 2.45) is 22.2 Å². The van der Waals surface area contributed by atoms with Crippen molar-refractivity contribution in [2.75, 3.05) is 46.1 Å². The molecule has 0 spiro atoms. The minimum Gasteiger partial charge on any atom is -0.386 e. The number of likely N-dealkylation sites (tertiary alicyclic amines) is 2. The van der Waals surface area contributed by atoms with Crippen LogP contribution in [0.25, 0.3) is 0 Å². The topological polar surface area (TPSA) is 135 Å². The molecule has 2 saturated heterocycles. The van der Waals surface area contributed by atoms with Gasteiger partial charge in [0, 0.05) is 37.9 Å². The molecule has 0 saturated carbocycles. The highest BCUT2D eigenvalue weighted by molar-refractivity contribution is 6.20. The van der Waals surface area contributed by atoms with Crippen molar-refractivity contribution in [3.63, 3.8) is 0 Å². The van der Waals surface area contributed by atoms with Crippen LogP contribution in [0.4, 0.5) is 10.1 Å². The molecule has 1 aromatic rings. The van der Waals surface area contributed by atoms with E-state index in [1.807, 2.05) is 0 Å². The molecule has 2 atom stereocenters. The predicted octanol–water partition coefficient (Wildman–Crippen LogP) is 0.245. The summed E-state index contributed by atoms with van der Waals surface area (Å²) in [5.74, 6) is -1.14. The fraction of sp³-hybridized carbons (Fsp3) is 0.545. The third-order valence-electron chi connectivity index (χ3n) is 5.83. The lowest BCUT2D eigenvalue weighted by Crippen LogP contribution is -2.56. The minimum absolute atomic E-state index is 0.0381. The Balaban J connectivity index is 1.47. The molecule has 10 heteroatoms. The zero-order valence-corrected chi connectivity index (χ0v) is 18.4. The highest BCUT2D eigenvalue weighted by Gasteiger charge is 2.26. The lowest BCUT2D eigenvalue weighted by atomic mass is 10.0. The van der Waals surface area contributed by atoms with Gasteiger partial charge in [0.05, 0.1) is 24.6 Å². The minimum atomic E-state index is -0.710. The summed E-state index contributed by atoms with van der Waals surface area (Å²) in [5.41, 5.74) is 18.2. The quantitative estimate of drug-likeness (QED) is 0.175. The van der Waals surface area contributed by atoms with E-state index in [2.05, 4.69) is 20.1 Å². The monoisotopic (exact) mass is 447 g/mol. The fourth-order valence-electron chi connectivity index (χ4n) is 3.95. The van der Waals surface area contributed by atoms with E-state index < -0.39 is 5.91 Å². The molecule has 2 aliphatic heterocycles. The number of ether oxygens (including phenoxy) is 1. The Morgan fingerprint density at radius 3 is 2.56 bits per heavy atom. The van der Waals surface area contributed by atoms with Crippen molar-refractivity contribution in [3.05, 3.63) is 41.9 Å². The van der Waals surface area contributed by atoms with Gasteiger partial charge in [0.15, 0.2) is 0 Å². The zero-order valence-electron chi connectivity index (χ0n) is 18.4. The Morgan fingerprint density at radius 1 is 1.19 bits per heavy atom. The molecule has 0 unspecified atom stereocenters. The number of hydrogen-bond donors (Lipinski definition) is 4. The van der Waals surface area contributed by atoms with Crippen LogP contribution in [0.1, 0.15) is 19.3 Å². The van der Waals surface area contributed by atoms with Crippen LogP contribution in [0, 0.1) is 5.82 Å². The van der Waals surface area contributed by atoms with Gasteiger partial charge in [-0.3, -0.25) is 9.69 Å². The van der Waals surface area contributed by atoms with Crippen LogP contribution in [0.3, 0.4) is 0 Å². The van der Waals surface area contributed by atoms with Gasteiger partial charge in [-0.25, -0.2) is 9.38 Å². The first-order chi connectivity index (χ1) is 15.4. The maximum absolute atomic E-state index is 13.1. The molecule has 1 aromatic carbocycles. The second-order valence-electron chi connectivity index (χ2n) is 8.28. The molecule has 1 amide bonds. The van der Waals surface area contributed by atoms with Gasteiger partial charge in [-0.1, -0.05) is 0 Å². The molecule has 7 N–H and O–H groups in total. The van der Waals surface area contributed by atoms with Crippen molar-refractivity contribution in [3.8, 4) is 0 Å². The summed E-state index contributed by atoms with van der Waals surface area (Å²) in [7, 11) is 0. The average Bonchev–Trinajstić information content (AvgIpc) is 3.28. The molecule has 2 heterocycles. The third kappa shape index (κ3) is 7.27. The van der Waals surface area contributed by atoms with Crippen LogP contribution >= 0.6 is 0 Å². The van der Waals surface area contributed by atoms with Gasteiger partial charge in [0.25, 0.3) is 5.91 Å². The van der Waals surface area contributed by atoms with Crippen LogP contribution < -0.4 is 22.5 Å². The number of hydrogen-bond acceptors (Lipinski definition) is 7. The van der Waals surface area contributed by atoms with Crippen LogP contribution in [0.5, 0.6) is 0 Å². The van der Waals surface area contributed by atoms with Crippen molar-refractivity contribution in [2.45, 2.75) is 31.3 Å². The lowest BCUT2D eigenvalue weighted by molar-refractivity contribution is -0.114. The molecule has 2 aliphatic rings. The summed E-state index contributed by atoms with van der Waals surface area (Å²) in [4.78, 5) is 20.6. The van der Waals surface area contributed by atoms with Crippen LogP contribution in [-0.2, 0) is 9.53 Å². The smallest absolute Gasteiger partial charge is 0.253 e. The maximum atomic E-state index is 13.1. The molecule has 2 fully saturated rings. The number of aliphatic imine (C=N–C) groups is 1. The maximum Gasteiger partial charge on any atom is 0.253 e. The first-order valence-electron chi connectivity index (χ1n) is 11.1. The molecule has 0 aromatic heterocycles. The molecule has 0 aliphatic carbocycles. The number of halogens is 1. The summed E-state index contributed by atoms with van der Waals surface area (Å²) in [5, 5.41) is 3.17. The van der Waals surface area contributed by atoms with E-state index >= 15 is 0 Å². The Bertz CT molecular complexity index is 809. The normalized spacial score (nSPS) is 23.4. The Hall–Kier alpha value is -2.53. The predicted molar refractivity (Wildman–Crippen MR) is 123 cm³/mol. The van der Waals surface area contributed by atoms with Crippen molar-refractivity contribution >= 4 is 17.4 Å². The molecule has 0 radical (unpaired) electrons. The van der Waals surface area contributed by atoms with E-state index in [0.29, 0.717) is 19.0 Å². The number of amidine groups is 1. The number of benzene rings is 1. The van der Waals surface area contributed by atoms with Crippen LogP contribution in [0.2, 0.25) is 0 Å². The van der Waals surface area contributed by atoms with Gasteiger partial charge in [0.1, 0.15) is 11.7 Å². The SMILES string of the molecule is NC(=O)/C(=C/N[C@@H]1CCN(COCCN2CCCC2)C[C@H]1N)C(N)=Nc1ccc(F)cc1. The molecule has 176 valence electrons. The molecular weight excluding hydrogens is 413 g/mol. The fourth-order valence-corrected chi connectivity index (χ4v) is 3.95. The number of rotatable bonds is 10. The summed E-state index contributed by atoms with van der Waals surface area (Å²) < 4.78 is 18.9. The Morgan fingerprint density at radius 2 is 1.91 bits per heavy atom. The second kappa shape index (κ2) is 11.9. The van der Waals surface area contributed by atoms with Gasteiger partial charge in [-0.15, -0.1) is 0 Å². The number of carbonyl (C=O) groups excluding carboxylic acids is 1. The first-order valence-corrected chi connectivity index (χ1v) is 11.1. The first kappa shape index (κ1) is 24.1. The van der Waals surface area contributed by atoms with E-state index in [0.717, 1.165) is 26.1 Å². The molecular formula is C22H34FN7O2. The summed E-state index contributed by atoms with van der Waals surface area (Å²) >= 11 is 0. The van der Waals surface area contributed by atoms with Crippen molar-refractivity contribution in [1.82, 2.24) is 15.1 Å². The van der Waals surface area contributed by atoms with Gasteiger partial charge in [0.2, 0.25) is 0 Å². The number of amides is 1. The van der Waals surface area contributed by atoms with Gasteiger partial charge < -0.3 is 32.2 Å². The van der Waals surface area contributed by atoms with Crippen LogP contribution in [-0.4, -0.2) is 79.7 Å². The van der Waals surface area contributed by atoms with Gasteiger partial charge >= 0.3 is 0 Å². The van der Waals surface area contributed by atoms with Gasteiger partial charge in [-0.05, 0) is 56.6 Å². The second-order valence-corrected chi connectivity index (χ2v) is 8.28. The van der Waals surface area contributed by atoms with E-state index in [1.54, 1.807) is 0 Å². The van der Waals surface area contributed by atoms with Crippen molar-refractivity contribution < 1.29 is 13.9 Å². The highest BCUT2D eigenvalue weighted by Crippen LogP contribution is 2.14. The third-order valence-corrected chi connectivity index (χ3v) is 5.83. The van der Waals surface area contributed by atoms with Crippen molar-refractivity contribution in [1.29, 1.82) is 0 Å². The molecule has 32 heavy (non-hydrogen) atoms. The van der Waals surface area contributed by atoms with E-state index in [1.165, 1.54) is 56.4 Å². The van der Waals surface area contributed by atoms with Gasteiger partial charge in [-0.2, -0.15) is 0 Å². The number of carbonyl (C=O) groups is 1. The molecule has 0 bridgehead atoms. The van der Waals surface area contributed by atoms with Crippen LogP contribution in [0.15, 0.2) is 41.0 Å². The standard InChI is InChI=1S/C22H34FN7O2/c23-16-3-5-17(6-4-16)28-21(25)18(22(26)31)13-27-20-7-10-30(14-19(20)24)15-32-12-11-29-8-1-2-9-29/h3-6,13,19-20,27H,1-2,7-12,14-15,24H2,(H2,25,28)(H2,26,31)/b18-13+/t19-,20-/m1/s1. The number of nitrogens with zero attached hydrogens (tertiary/aromatic N) is 3.